The van der Waals surface area contributed by atoms with E-state index in [1.165, 1.54) is 12.1 Å². The second kappa shape index (κ2) is 11.5. The fraction of sp³-hybridized carbons (Fsp3) is 0.107. The number of rotatable bonds is 10. The summed E-state index contributed by atoms with van der Waals surface area (Å²) in [6.45, 7) is 0.437. The van der Waals surface area contributed by atoms with E-state index in [0.29, 0.717) is 18.0 Å². The molecule has 0 aliphatic carbocycles. The molecule has 0 aliphatic heterocycles. The summed E-state index contributed by atoms with van der Waals surface area (Å²) in [4.78, 5) is 13.3. The van der Waals surface area contributed by atoms with Crippen molar-refractivity contribution in [3.63, 3.8) is 0 Å². The molecule has 0 radical (unpaired) electrons. The Morgan fingerprint density at radius 3 is 1.86 bits per heavy atom. The summed E-state index contributed by atoms with van der Waals surface area (Å²) in [6.07, 6.45) is 0.205. The van der Waals surface area contributed by atoms with Crippen molar-refractivity contribution >= 4 is 21.6 Å². The molecule has 6 nitrogen and oxygen atoms in total. The summed E-state index contributed by atoms with van der Waals surface area (Å²) >= 11 is 0. The largest absolute Gasteiger partial charge is 0.489 e. The lowest BCUT2D eigenvalue weighted by Crippen LogP contribution is -2.45. The van der Waals surface area contributed by atoms with E-state index in [0.717, 1.165) is 11.1 Å². The minimum absolute atomic E-state index is 0.103. The number of carbonyl (C=O) groups is 1. The van der Waals surface area contributed by atoms with Gasteiger partial charge in [-0.1, -0.05) is 78.9 Å². The van der Waals surface area contributed by atoms with Crippen molar-refractivity contribution in [2.45, 2.75) is 24.0 Å². The zero-order chi connectivity index (χ0) is 24.5. The molecule has 0 saturated carbocycles. The van der Waals surface area contributed by atoms with Crippen LogP contribution in [0.4, 0.5) is 5.69 Å². The monoisotopic (exact) mass is 486 g/mol. The molecule has 0 unspecified atom stereocenters. The minimum Gasteiger partial charge on any atom is -0.489 e. The zero-order valence-electron chi connectivity index (χ0n) is 19.0. The smallest absolute Gasteiger partial charge is 0.242 e. The van der Waals surface area contributed by atoms with Crippen LogP contribution in [0.3, 0.4) is 0 Å². The molecule has 4 aromatic rings. The molecule has 4 rings (SSSR count). The van der Waals surface area contributed by atoms with Crippen molar-refractivity contribution in [1.29, 1.82) is 0 Å². The normalized spacial score (nSPS) is 12.0. The summed E-state index contributed by atoms with van der Waals surface area (Å²) in [5.74, 6) is 0.212. The molecule has 1 amide bonds. The third kappa shape index (κ3) is 7.02. The fourth-order valence-electron chi connectivity index (χ4n) is 3.50. The topological polar surface area (TPSA) is 84.5 Å². The van der Waals surface area contributed by atoms with E-state index >= 15 is 0 Å². The van der Waals surface area contributed by atoms with Gasteiger partial charge in [0.1, 0.15) is 18.4 Å². The van der Waals surface area contributed by atoms with Crippen molar-refractivity contribution in [3.8, 4) is 5.75 Å². The Bertz CT molecular complexity index is 1330. The van der Waals surface area contributed by atoms with Crippen LogP contribution < -0.4 is 14.8 Å². The Morgan fingerprint density at radius 1 is 0.714 bits per heavy atom. The van der Waals surface area contributed by atoms with Crippen molar-refractivity contribution in [2.24, 2.45) is 0 Å². The van der Waals surface area contributed by atoms with Gasteiger partial charge in [0.25, 0.3) is 0 Å². The van der Waals surface area contributed by atoms with Crippen LogP contribution in [0.25, 0.3) is 0 Å². The second-order valence-corrected chi connectivity index (χ2v) is 9.68. The first-order valence-electron chi connectivity index (χ1n) is 11.2. The van der Waals surface area contributed by atoms with Gasteiger partial charge in [0, 0.05) is 5.69 Å². The number of ether oxygens (including phenoxy) is 1. The van der Waals surface area contributed by atoms with Gasteiger partial charge in [-0.25, -0.2) is 8.42 Å². The van der Waals surface area contributed by atoms with Crippen molar-refractivity contribution < 1.29 is 17.9 Å². The maximum absolute atomic E-state index is 13.2. The highest BCUT2D eigenvalue weighted by molar-refractivity contribution is 7.89. The fourth-order valence-corrected chi connectivity index (χ4v) is 4.71. The lowest BCUT2D eigenvalue weighted by Gasteiger charge is -2.19. The average Bonchev–Trinajstić information content (AvgIpc) is 2.89. The highest BCUT2D eigenvalue weighted by atomic mass is 32.2. The Kier molecular flexibility index (Phi) is 7.92. The minimum atomic E-state index is -3.89. The SMILES string of the molecule is O=C(Nc1ccc(OCc2ccccc2)cc1)[C@H](Cc1ccccc1)NS(=O)(=O)c1ccccc1. The van der Waals surface area contributed by atoms with Gasteiger partial charge in [-0.15, -0.1) is 0 Å². The van der Waals surface area contributed by atoms with Gasteiger partial charge in [0.15, 0.2) is 0 Å². The van der Waals surface area contributed by atoms with Crippen LogP contribution in [-0.4, -0.2) is 20.4 Å². The van der Waals surface area contributed by atoms with E-state index < -0.39 is 22.0 Å². The first-order chi connectivity index (χ1) is 17.0. The molecule has 0 bridgehead atoms. The third-order valence-corrected chi connectivity index (χ3v) is 6.81. The number of anilines is 1. The van der Waals surface area contributed by atoms with Crippen LogP contribution >= 0.6 is 0 Å². The van der Waals surface area contributed by atoms with E-state index in [4.69, 9.17) is 4.74 Å². The van der Waals surface area contributed by atoms with Gasteiger partial charge in [0.2, 0.25) is 15.9 Å². The number of benzene rings is 4. The number of hydrogen-bond acceptors (Lipinski definition) is 4. The molecular formula is C28H26N2O4S. The van der Waals surface area contributed by atoms with E-state index in [9.17, 15) is 13.2 Å². The van der Waals surface area contributed by atoms with Crippen molar-refractivity contribution in [3.05, 3.63) is 126 Å². The Hall–Kier alpha value is -3.94. The molecule has 0 fully saturated rings. The van der Waals surface area contributed by atoms with Crippen LogP contribution in [0.1, 0.15) is 11.1 Å². The highest BCUT2D eigenvalue weighted by Gasteiger charge is 2.26. The van der Waals surface area contributed by atoms with E-state index in [2.05, 4.69) is 10.0 Å². The van der Waals surface area contributed by atoms with Gasteiger partial charge < -0.3 is 10.1 Å². The standard InChI is InChI=1S/C28H26N2O4S/c31-28(29-24-16-18-25(19-17-24)34-21-23-12-6-2-7-13-23)27(20-22-10-4-1-5-11-22)30-35(32,33)26-14-8-3-9-15-26/h1-19,27,30H,20-21H2,(H,29,31)/t27-/m0/s1. The molecule has 0 aliphatic rings. The Morgan fingerprint density at radius 2 is 1.26 bits per heavy atom. The number of amides is 1. The molecule has 0 heterocycles. The van der Waals surface area contributed by atoms with Crippen molar-refractivity contribution in [1.82, 2.24) is 4.72 Å². The quantitative estimate of drug-likeness (QED) is 0.337. The van der Waals surface area contributed by atoms with Gasteiger partial charge in [-0.2, -0.15) is 4.72 Å². The van der Waals surface area contributed by atoms with Crippen LogP contribution in [-0.2, 0) is 27.8 Å². The number of nitrogens with one attached hydrogen (secondary N) is 2. The van der Waals surface area contributed by atoms with Crippen LogP contribution in [0.5, 0.6) is 5.75 Å². The van der Waals surface area contributed by atoms with Gasteiger partial charge in [0.05, 0.1) is 4.90 Å². The second-order valence-electron chi connectivity index (χ2n) is 7.96. The molecule has 178 valence electrons. The first kappa shape index (κ1) is 24.2. The average molecular weight is 487 g/mol. The number of carbonyl (C=O) groups excluding carboxylic acids is 1. The van der Waals surface area contributed by atoms with Crippen LogP contribution in [0.2, 0.25) is 0 Å². The Labute approximate surface area is 205 Å². The predicted molar refractivity (Wildman–Crippen MR) is 137 cm³/mol. The van der Waals surface area contributed by atoms with Crippen molar-refractivity contribution in [2.75, 3.05) is 5.32 Å². The maximum atomic E-state index is 13.2. The molecule has 7 heteroatoms. The maximum Gasteiger partial charge on any atom is 0.242 e. The summed E-state index contributed by atoms with van der Waals surface area (Å²) in [5.41, 5.74) is 2.44. The Balaban J connectivity index is 1.45. The lowest BCUT2D eigenvalue weighted by atomic mass is 10.1. The zero-order valence-corrected chi connectivity index (χ0v) is 19.8. The summed E-state index contributed by atoms with van der Waals surface area (Å²) in [6, 6.07) is 33.1. The summed E-state index contributed by atoms with van der Waals surface area (Å²) in [5, 5.41) is 2.82. The van der Waals surface area contributed by atoms with E-state index in [1.54, 1.807) is 42.5 Å². The highest BCUT2D eigenvalue weighted by Crippen LogP contribution is 2.18. The molecule has 4 aromatic carbocycles. The third-order valence-electron chi connectivity index (χ3n) is 5.32. The molecule has 35 heavy (non-hydrogen) atoms. The molecule has 1 atom stereocenters. The molecular weight excluding hydrogens is 460 g/mol. The summed E-state index contributed by atoms with van der Waals surface area (Å²) < 4.78 is 34.2. The molecule has 0 saturated heterocycles. The van der Waals surface area contributed by atoms with Crippen LogP contribution in [0.15, 0.2) is 120 Å². The van der Waals surface area contributed by atoms with Crippen LogP contribution in [0, 0.1) is 0 Å². The molecule has 0 spiro atoms. The predicted octanol–water partition coefficient (Wildman–Crippen LogP) is 4.79. The first-order valence-corrected chi connectivity index (χ1v) is 12.7. The van der Waals surface area contributed by atoms with Gasteiger partial charge >= 0.3 is 0 Å². The summed E-state index contributed by atoms with van der Waals surface area (Å²) in [7, 11) is -3.89. The van der Waals surface area contributed by atoms with Gasteiger partial charge in [-0.05, 0) is 53.9 Å². The number of sulfonamides is 1. The molecule has 0 aromatic heterocycles. The van der Waals surface area contributed by atoms with E-state index in [-0.39, 0.29) is 11.3 Å². The molecule has 2 N–H and O–H groups in total. The van der Waals surface area contributed by atoms with Gasteiger partial charge in [-0.3, -0.25) is 4.79 Å². The van der Waals surface area contributed by atoms with E-state index in [1.807, 2.05) is 60.7 Å². The number of hydrogen-bond donors (Lipinski definition) is 2. The lowest BCUT2D eigenvalue weighted by molar-refractivity contribution is -0.117.